The lowest BCUT2D eigenvalue weighted by Gasteiger charge is -2.18. The van der Waals surface area contributed by atoms with E-state index in [1.165, 1.54) is 0 Å². The standard InChI is InChI=1S/C33H28ClN3O3/c34-26-14-17-30(36-20-25-6-3-5-24-4-1-2-7-28(24)25)29(19-26)32(38)37-31(33(39)40)18-21-8-10-22(11-9-21)23-12-15-27(35)16-13-23/h1-17,19,31,36H,18,20,35H2,(H,37,38)(H,39,40). The zero-order valence-corrected chi connectivity index (χ0v) is 22.4. The second kappa shape index (κ2) is 11.9. The Balaban J connectivity index is 1.31. The Morgan fingerprint density at radius 3 is 2.23 bits per heavy atom. The number of carboxylic acids is 1. The predicted octanol–water partition coefficient (Wildman–Crippen LogP) is 6.78. The molecule has 1 unspecified atom stereocenters. The van der Waals surface area contributed by atoms with Crippen LogP contribution in [0.3, 0.4) is 0 Å². The minimum Gasteiger partial charge on any atom is -0.480 e. The molecule has 6 nitrogen and oxygen atoms in total. The Bertz CT molecular complexity index is 1660. The van der Waals surface area contributed by atoms with E-state index in [0.29, 0.717) is 22.9 Å². The predicted molar refractivity (Wildman–Crippen MR) is 162 cm³/mol. The fraction of sp³-hybridized carbons (Fsp3) is 0.0909. The minimum absolute atomic E-state index is 0.127. The van der Waals surface area contributed by atoms with Crippen LogP contribution in [0.5, 0.6) is 0 Å². The first-order valence-electron chi connectivity index (χ1n) is 12.9. The molecule has 0 aromatic heterocycles. The summed E-state index contributed by atoms with van der Waals surface area (Å²) in [6, 6.07) is 33.1. The number of hydrogen-bond acceptors (Lipinski definition) is 4. The van der Waals surface area contributed by atoms with E-state index in [9.17, 15) is 14.7 Å². The van der Waals surface area contributed by atoms with Crippen molar-refractivity contribution in [1.82, 2.24) is 5.32 Å². The van der Waals surface area contributed by atoms with Gasteiger partial charge in [0.05, 0.1) is 5.56 Å². The van der Waals surface area contributed by atoms with E-state index in [0.717, 1.165) is 33.0 Å². The Kier molecular flexibility index (Phi) is 7.99. The average Bonchev–Trinajstić information content (AvgIpc) is 2.97. The first kappa shape index (κ1) is 26.8. The molecule has 0 aliphatic heterocycles. The number of nitrogens with one attached hydrogen (secondary N) is 2. The first-order chi connectivity index (χ1) is 19.4. The van der Waals surface area contributed by atoms with Gasteiger partial charge < -0.3 is 21.5 Å². The maximum Gasteiger partial charge on any atom is 0.326 e. The number of nitrogen functional groups attached to an aromatic ring is 1. The van der Waals surface area contributed by atoms with Gasteiger partial charge in [-0.3, -0.25) is 4.79 Å². The van der Waals surface area contributed by atoms with Gasteiger partial charge in [-0.25, -0.2) is 4.79 Å². The third kappa shape index (κ3) is 6.25. The molecule has 5 aromatic carbocycles. The summed E-state index contributed by atoms with van der Waals surface area (Å²) in [4.78, 5) is 25.4. The molecule has 0 aliphatic rings. The summed E-state index contributed by atoms with van der Waals surface area (Å²) in [6.07, 6.45) is 0.127. The highest BCUT2D eigenvalue weighted by atomic mass is 35.5. The summed E-state index contributed by atoms with van der Waals surface area (Å²) in [6.45, 7) is 0.478. The van der Waals surface area contributed by atoms with Gasteiger partial charge in [0.15, 0.2) is 0 Å². The van der Waals surface area contributed by atoms with Crippen LogP contribution in [0.2, 0.25) is 5.02 Å². The largest absolute Gasteiger partial charge is 0.480 e. The number of carboxylic acid groups (broad SMARTS) is 1. The highest BCUT2D eigenvalue weighted by Crippen LogP contribution is 2.25. The van der Waals surface area contributed by atoms with Gasteiger partial charge in [0.25, 0.3) is 5.91 Å². The van der Waals surface area contributed by atoms with Crippen LogP contribution < -0.4 is 16.4 Å². The van der Waals surface area contributed by atoms with Crippen LogP contribution in [0, 0.1) is 0 Å². The van der Waals surface area contributed by atoms with Gasteiger partial charge in [0, 0.05) is 29.4 Å². The summed E-state index contributed by atoms with van der Waals surface area (Å²) >= 11 is 6.23. The fourth-order valence-electron chi connectivity index (χ4n) is 4.68. The SMILES string of the molecule is Nc1ccc(-c2ccc(CC(NC(=O)c3cc(Cl)ccc3NCc3cccc4ccccc34)C(=O)O)cc2)cc1. The lowest BCUT2D eigenvalue weighted by Crippen LogP contribution is -2.42. The molecule has 1 atom stereocenters. The molecule has 0 bridgehead atoms. The fourth-order valence-corrected chi connectivity index (χ4v) is 4.85. The number of rotatable bonds is 9. The third-order valence-electron chi connectivity index (χ3n) is 6.82. The molecule has 7 heteroatoms. The number of anilines is 2. The molecule has 200 valence electrons. The van der Waals surface area contributed by atoms with Gasteiger partial charge in [0.2, 0.25) is 0 Å². The van der Waals surface area contributed by atoms with Gasteiger partial charge in [-0.1, -0.05) is 90.5 Å². The monoisotopic (exact) mass is 549 g/mol. The van der Waals surface area contributed by atoms with Crippen molar-refractivity contribution in [2.45, 2.75) is 19.0 Å². The molecule has 5 aromatic rings. The van der Waals surface area contributed by atoms with Crippen molar-refractivity contribution in [3.8, 4) is 11.1 Å². The lowest BCUT2D eigenvalue weighted by molar-refractivity contribution is -0.139. The van der Waals surface area contributed by atoms with Crippen molar-refractivity contribution in [2.24, 2.45) is 0 Å². The van der Waals surface area contributed by atoms with Crippen molar-refractivity contribution in [2.75, 3.05) is 11.1 Å². The number of carbonyl (C=O) groups excluding carboxylic acids is 1. The Morgan fingerprint density at radius 1 is 0.825 bits per heavy atom. The average molecular weight is 550 g/mol. The van der Waals surface area contributed by atoms with E-state index in [2.05, 4.69) is 28.8 Å². The number of halogens is 1. The number of fused-ring (bicyclic) bond motifs is 1. The van der Waals surface area contributed by atoms with E-state index < -0.39 is 17.9 Å². The molecule has 0 radical (unpaired) electrons. The van der Waals surface area contributed by atoms with Crippen LogP contribution in [-0.4, -0.2) is 23.0 Å². The zero-order valence-electron chi connectivity index (χ0n) is 21.6. The van der Waals surface area contributed by atoms with Crippen molar-refractivity contribution < 1.29 is 14.7 Å². The molecule has 0 saturated carbocycles. The molecule has 40 heavy (non-hydrogen) atoms. The maximum absolute atomic E-state index is 13.3. The quantitative estimate of drug-likeness (QED) is 0.152. The van der Waals surface area contributed by atoms with Crippen LogP contribution in [0.25, 0.3) is 21.9 Å². The van der Waals surface area contributed by atoms with Gasteiger partial charge in [-0.15, -0.1) is 0 Å². The van der Waals surface area contributed by atoms with Crippen LogP contribution in [-0.2, 0) is 17.8 Å². The van der Waals surface area contributed by atoms with Crippen molar-refractivity contribution >= 4 is 45.6 Å². The summed E-state index contributed by atoms with van der Waals surface area (Å²) in [5, 5.41) is 18.5. The van der Waals surface area contributed by atoms with E-state index in [1.54, 1.807) is 18.2 Å². The second-order valence-corrected chi connectivity index (χ2v) is 10.0. The van der Waals surface area contributed by atoms with Crippen LogP contribution >= 0.6 is 11.6 Å². The molecular weight excluding hydrogens is 522 g/mol. The molecule has 5 rings (SSSR count). The molecule has 5 N–H and O–H groups in total. The van der Waals surface area contributed by atoms with Gasteiger partial charge >= 0.3 is 5.97 Å². The summed E-state index contributed by atoms with van der Waals surface area (Å²) in [5.74, 6) is -1.64. The summed E-state index contributed by atoms with van der Waals surface area (Å²) in [7, 11) is 0. The molecule has 1 amide bonds. The topological polar surface area (TPSA) is 104 Å². The molecule has 0 heterocycles. The van der Waals surface area contributed by atoms with Crippen molar-refractivity contribution in [3.05, 3.63) is 131 Å². The third-order valence-corrected chi connectivity index (χ3v) is 7.05. The number of amides is 1. The van der Waals surface area contributed by atoms with Gasteiger partial charge in [-0.05, 0) is 63.4 Å². The lowest BCUT2D eigenvalue weighted by atomic mass is 10.00. The Labute approximate surface area is 237 Å². The maximum atomic E-state index is 13.3. The van der Waals surface area contributed by atoms with E-state index in [-0.39, 0.29) is 12.0 Å². The number of carbonyl (C=O) groups is 2. The van der Waals surface area contributed by atoms with Gasteiger partial charge in [-0.2, -0.15) is 0 Å². The molecule has 0 fully saturated rings. The number of benzene rings is 5. The van der Waals surface area contributed by atoms with Gasteiger partial charge in [0.1, 0.15) is 6.04 Å². The van der Waals surface area contributed by atoms with E-state index in [4.69, 9.17) is 17.3 Å². The zero-order chi connectivity index (χ0) is 28.1. The van der Waals surface area contributed by atoms with Crippen molar-refractivity contribution in [1.29, 1.82) is 0 Å². The molecule has 0 saturated heterocycles. The number of nitrogens with two attached hydrogens (primary N) is 1. The second-order valence-electron chi connectivity index (χ2n) is 9.57. The Morgan fingerprint density at radius 2 is 1.50 bits per heavy atom. The van der Waals surface area contributed by atoms with E-state index in [1.807, 2.05) is 72.8 Å². The number of aliphatic carboxylic acids is 1. The summed E-state index contributed by atoms with van der Waals surface area (Å²) < 4.78 is 0. The van der Waals surface area contributed by atoms with Crippen LogP contribution in [0.4, 0.5) is 11.4 Å². The van der Waals surface area contributed by atoms with E-state index >= 15 is 0 Å². The highest BCUT2D eigenvalue weighted by molar-refractivity contribution is 6.31. The normalized spacial score (nSPS) is 11.6. The molecule has 0 aliphatic carbocycles. The van der Waals surface area contributed by atoms with Crippen molar-refractivity contribution in [3.63, 3.8) is 0 Å². The van der Waals surface area contributed by atoms with Crippen LogP contribution in [0.1, 0.15) is 21.5 Å². The molecular formula is C33H28ClN3O3. The Hall–Kier alpha value is -4.81. The number of hydrogen-bond donors (Lipinski definition) is 4. The minimum atomic E-state index is -1.13. The first-order valence-corrected chi connectivity index (χ1v) is 13.2. The molecule has 0 spiro atoms. The highest BCUT2D eigenvalue weighted by Gasteiger charge is 2.23. The van der Waals surface area contributed by atoms with Crippen LogP contribution in [0.15, 0.2) is 109 Å². The summed E-state index contributed by atoms with van der Waals surface area (Å²) in [5.41, 5.74) is 11.2. The smallest absolute Gasteiger partial charge is 0.326 e.